The second kappa shape index (κ2) is 8.23. The number of benzene rings is 1. The molecule has 114 valence electrons. The van der Waals surface area contributed by atoms with Crippen molar-refractivity contribution in [3.05, 3.63) is 30.3 Å². The molecule has 2 rings (SSSR count). The average Bonchev–Trinajstić information content (AvgIpc) is 2.81. The van der Waals surface area contributed by atoms with Crippen molar-refractivity contribution in [2.45, 2.75) is 43.6 Å². The van der Waals surface area contributed by atoms with Gasteiger partial charge in [-0.3, -0.25) is 4.79 Å². The summed E-state index contributed by atoms with van der Waals surface area (Å²) >= 11 is 1.61. The van der Waals surface area contributed by atoms with Crippen LogP contribution in [-0.4, -0.2) is 24.1 Å². The van der Waals surface area contributed by atoms with Crippen LogP contribution < -0.4 is 0 Å². The first-order chi connectivity index (χ1) is 10.3. The molecule has 0 aliphatic carbocycles. The molecule has 1 saturated heterocycles. The van der Waals surface area contributed by atoms with Crippen LogP contribution in [0.4, 0.5) is 0 Å². The molecule has 0 spiro atoms. The number of ether oxygens (including phenoxy) is 1. The third-order valence-corrected chi connectivity index (χ3v) is 5.02. The maximum absolute atomic E-state index is 12.0. The van der Waals surface area contributed by atoms with Crippen molar-refractivity contribution in [1.29, 1.82) is 0 Å². The van der Waals surface area contributed by atoms with E-state index in [-0.39, 0.29) is 23.9 Å². The summed E-state index contributed by atoms with van der Waals surface area (Å²) in [6, 6.07) is 9.94. The number of unbranched alkanes of at least 4 members (excludes halogenated alkanes) is 2. The number of carbonyl (C=O) groups excluding carboxylic acids is 2. The first-order valence-corrected chi connectivity index (χ1v) is 8.58. The molecular formula is C17H22O3S. The van der Waals surface area contributed by atoms with Gasteiger partial charge in [0.25, 0.3) is 0 Å². The summed E-state index contributed by atoms with van der Waals surface area (Å²) in [7, 11) is 0. The molecule has 1 unspecified atom stereocenters. The van der Waals surface area contributed by atoms with E-state index in [1.807, 2.05) is 30.3 Å². The fraction of sp³-hybridized carbons (Fsp3) is 0.529. The third kappa shape index (κ3) is 4.34. The van der Waals surface area contributed by atoms with E-state index in [1.165, 1.54) is 0 Å². The molecule has 21 heavy (non-hydrogen) atoms. The van der Waals surface area contributed by atoms with Gasteiger partial charge in [0.1, 0.15) is 12.4 Å². The molecular weight excluding hydrogens is 284 g/mol. The van der Waals surface area contributed by atoms with E-state index in [1.54, 1.807) is 11.8 Å². The summed E-state index contributed by atoms with van der Waals surface area (Å²) in [5.41, 5.74) is 0. The lowest BCUT2D eigenvalue weighted by molar-refractivity contribution is -0.144. The van der Waals surface area contributed by atoms with Crippen molar-refractivity contribution >= 4 is 24.0 Å². The molecule has 3 atom stereocenters. The number of aldehydes is 1. The fourth-order valence-corrected chi connectivity index (χ4v) is 3.72. The lowest BCUT2D eigenvalue weighted by atomic mass is 9.90. The average molecular weight is 306 g/mol. The second-order valence-electron chi connectivity index (χ2n) is 5.42. The Labute approximate surface area is 130 Å². The summed E-state index contributed by atoms with van der Waals surface area (Å²) < 4.78 is 5.43. The molecule has 1 heterocycles. The van der Waals surface area contributed by atoms with Gasteiger partial charge < -0.3 is 9.53 Å². The van der Waals surface area contributed by atoms with Crippen molar-refractivity contribution in [3.8, 4) is 0 Å². The van der Waals surface area contributed by atoms with Crippen LogP contribution in [0.5, 0.6) is 0 Å². The summed E-state index contributed by atoms with van der Waals surface area (Å²) in [5, 5.41) is 0. The highest BCUT2D eigenvalue weighted by molar-refractivity contribution is 7.99. The smallest absolute Gasteiger partial charge is 0.310 e. The molecule has 0 saturated carbocycles. The van der Waals surface area contributed by atoms with E-state index >= 15 is 0 Å². The topological polar surface area (TPSA) is 43.4 Å². The minimum atomic E-state index is -0.306. The van der Waals surface area contributed by atoms with Gasteiger partial charge in [-0.05, 0) is 25.0 Å². The van der Waals surface area contributed by atoms with Gasteiger partial charge in [-0.1, -0.05) is 38.0 Å². The van der Waals surface area contributed by atoms with Crippen molar-refractivity contribution in [2.24, 2.45) is 11.8 Å². The summed E-state index contributed by atoms with van der Waals surface area (Å²) in [5.74, 6) is -0.196. The fourth-order valence-electron chi connectivity index (χ4n) is 2.64. The first kappa shape index (κ1) is 16.1. The second-order valence-corrected chi connectivity index (χ2v) is 6.51. The SMILES string of the molecule is CCCCC[C@@H]1OC(=O)C(CSc2ccccc2)[C@H]1C=O. The summed E-state index contributed by atoms with van der Waals surface area (Å²) in [6.45, 7) is 2.14. The van der Waals surface area contributed by atoms with Crippen LogP contribution >= 0.6 is 11.8 Å². The van der Waals surface area contributed by atoms with Gasteiger partial charge in [0.2, 0.25) is 0 Å². The van der Waals surface area contributed by atoms with Crippen molar-refractivity contribution in [3.63, 3.8) is 0 Å². The Morgan fingerprint density at radius 1 is 1.24 bits per heavy atom. The molecule has 4 heteroatoms. The minimum absolute atomic E-state index is 0.211. The van der Waals surface area contributed by atoms with Crippen molar-refractivity contribution in [2.75, 3.05) is 5.75 Å². The van der Waals surface area contributed by atoms with E-state index < -0.39 is 0 Å². The van der Waals surface area contributed by atoms with Gasteiger partial charge in [0.15, 0.2) is 0 Å². The van der Waals surface area contributed by atoms with Crippen LogP contribution in [0.15, 0.2) is 35.2 Å². The zero-order valence-corrected chi connectivity index (χ0v) is 13.2. The van der Waals surface area contributed by atoms with Crippen LogP contribution in [0.1, 0.15) is 32.6 Å². The Balaban J connectivity index is 1.91. The Morgan fingerprint density at radius 3 is 2.67 bits per heavy atom. The Hall–Kier alpha value is -1.29. The number of esters is 1. The van der Waals surface area contributed by atoms with Gasteiger partial charge in [-0.15, -0.1) is 11.8 Å². The third-order valence-electron chi connectivity index (χ3n) is 3.89. The molecule has 1 aliphatic heterocycles. The highest BCUT2D eigenvalue weighted by Crippen LogP contribution is 2.34. The normalized spacial score (nSPS) is 24.8. The Bertz CT molecular complexity index is 460. The molecule has 0 bridgehead atoms. The maximum atomic E-state index is 12.0. The summed E-state index contributed by atoms with van der Waals surface area (Å²) in [6.07, 6.45) is 4.75. The largest absolute Gasteiger partial charge is 0.461 e. The number of carbonyl (C=O) groups is 2. The van der Waals surface area contributed by atoms with E-state index in [9.17, 15) is 9.59 Å². The molecule has 0 N–H and O–H groups in total. The van der Waals surface area contributed by atoms with Gasteiger partial charge >= 0.3 is 5.97 Å². The highest BCUT2D eigenvalue weighted by atomic mass is 32.2. The number of hydrogen-bond acceptors (Lipinski definition) is 4. The van der Waals surface area contributed by atoms with Crippen LogP contribution in [-0.2, 0) is 14.3 Å². The van der Waals surface area contributed by atoms with E-state index in [0.29, 0.717) is 5.75 Å². The molecule has 0 radical (unpaired) electrons. The van der Waals surface area contributed by atoms with Crippen molar-refractivity contribution < 1.29 is 14.3 Å². The van der Waals surface area contributed by atoms with Crippen LogP contribution in [0.2, 0.25) is 0 Å². The Kier molecular flexibility index (Phi) is 6.30. The van der Waals surface area contributed by atoms with E-state index in [2.05, 4.69) is 6.92 Å². The zero-order valence-electron chi connectivity index (χ0n) is 12.4. The maximum Gasteiger partial charge on any atom is 0.310 e. The van der Waals surface area contributed by atoms with Crippen molar-refractivity contribution in [1.82, 2.24) is 0 Å². The quantitative estimate of drug-likeness (QED) is 0.318. The molecule has 1 aliphatic rings. The molecule has 1 fully saturated rings. The molecule has 1 aromatic carbocycles. The van der Waals surface area contributed by atoms with E-state index in [0.717, 1.165) is 36.9 Å². The van der Waals surface area contributed by atoms with Crippen LogP contribution in [0, 0.1) is 11.8 Å². The lowest BCUT2D eigenvalue weighted by Crippen LogP contribution is -2.24. The van der Waals surface area contributed by atoms with Gasteiger partial charge in [0.05, 0.1) is 11.8 Å². The first-order valence-electron chi connectivity index (χ1n) is 7.60. The minimum Gasteiger partial charge on any atom is -0.461 e. The number of thioether (sulfide) groups is 1. The zero-order chi connectivity index (χ0) is 15.1. The molecule has 3 nitrogen and oxygen atoms in total. The number of cyclic esters (lactones) is 1. The van der Waals surface area contributed by atoms with Gasteiger partial charge in [0, 0.05) is 10.6 Å². The van der Waals surface area contributed by atoms with Crippen LogP contribution in [0.25, 0.3) is 0 Å². The highest BCUT2D eigenvalue weighted by Gasteiger charge is 2.43. The number of hydrogen-bond donors (Lipinski definition) is 0. The standard InChI is InChI=1S/C17H22O3S/c1-2-3-5-10-16-14(11-18)15(17(19)20-16)12-21-13-8-6-4-7-9-13/h4,6-9,11,14-16H,2-3,5,10,12H2,1H3/t14-,15?,16+/m1/s1. The van der Waals surface area contributed by atoms with E-state index in [4.69, 9.17) is 4.74 Å². The summed E-state index contributed by atoms with van der Waals surface area (Å²) in [4.78, 5) is 24.5. The van der Waals surface area contributed by atoms with Gasteiger partial charge in [-0.2, -0.15) is 0 Å². The predicted octanol–water partition coefficient (Wildman–Crippen LogP) is 3.72. The van der Waals surface area contributed by atoms with Gasteiger partial charge in [-0.25, -0.2) is 0 Å². The number of rotatable bonds is 8. The monoisotopic (exact) mass is 306 g/mol. The molecule has 1 aromatic rings. The molecule has 0 amide bonds. The Morgan fingerprint density at radius 2 is 2.00 bits per heavy atom. The van der Waals surface area contributed by atoms with Crippen LogP contribution in [0.3, 0.4) is 0 Å². The predicted molar refractivity (Wildman–Crippen MR) is 84.2 cm³/mol. The molecule has 0 aromatic heterocycles. The lowest BCUT2D eigenvalue weighted by Gasteiger charge is -2.14.